The fraction of sp³-hybridized carbons (Fsp3) is 1.00. The minimum atomic E-state index is -0.0564. The van der Waals surface area contributed by atoms with Crippen molar-refractivity contribution in [1.29, 1.82) is 0 Å². The molecule has 0 bridgehead atoms. The van der Waals surface area contributed by atoms with Crippen molar-refractivity contribution in [1.82, 2.24) is 10.2 Å². The maximum atomic E-state index is 9.54. The van der Waals surface area contributed by atoms with E-state index in [1.807, 2.05) is 0 Å². The second kappa shape index (κ2) is 10.6. The van der Waals surface area contributed by atoms with Crippen LogP contribution in [0.5, 0.6) is 0 Å². The molecule has 1 aliphatic heterocycles. The summed E-state index contributed by atoms with van der Waals surface area (Å²) in [5, 5.41) is 13.3. The lowest BCUT2D eigenvalue weighted by molar-refractivity contribution is 0.0825. The predicted octanol–water partition coefficient (Wildman–Crippen LogP) is 3.27. The minimum absolute atomic E-state index is 0.0564. The maximum Gasteiger partial charge on any atom is 0.0564 e. The Bertz CT molecular complexity index is 236. The van der Waals surface area contributed by atoms with Gasteiger partial charge in [-0.15, -0.1) is 0 Å². The third kappa shape index (κ3) is 9.49. The Labute approximate surface area is 132 Å². The van der Waals surface area contributed by atoms with Gasteiger partial charge >= 0.3 is 0 Å². The Hall–Kier alpha value is -0.120. The minimum Gasteiger partial charge on any atom is -0.393 e. The van der Waals surface area contributed by atoms with Crippen molar-refractivity contribution in [3.8, 4) is 0 Å². The number of aliphatic hydroxyl groups is 1. The van der Waals surface area contributed by atoms with Gasteiger partial charge in [-0.05, 0) is 50.4 Å². The maximum absolute atomic E-state index is 9.54. The molecule has 21 heavy (non-hydrogen) atoms. The van der Waals surface area contributed by atoms with Crippen molar-refractivity contribution < 1.29 is 5.11 Å². The molecule has 1 saturated heterocycles. The predicted molar refractivity (Wildman–Crippen MR) is 91.6 cm³/mol. The highest BCUT2D eigenvalue weighted by molar-refractivity contribution is 4.74. The molecular formula is C18H38N2O. The second-order valence-electron chi connectivity index (χ2n) is 7.67. The van der Waals surface area contributed by atoms with Crippen molar-refractivity contribution in [3.63, 3.8) is 0 Å². The highest BCUT2D eigenvalue weighted by Gasteiger charge is 2.17. The molecule has 2 N–H and O–H groups in total. The van der Waals surface area contributed by atoms with Gasteiger partial charge in [-0.25, -0.2) is 0 Å². The zero-order valence-electron chi connectivity index (χ0n) is 14.8. The van der Waals surface area contributed by atoms with Crippen LogP contribution < -0.4 is 5.32 Å². The second-order valence-corrected chi connectivity index (χ2v) is 7.67. The molecule has 0 aromatic heterocycles. The Morgan fingerprint density at radius 3 is 1.95 bits per heavy atom. The number of hydrogen-bond acceptors (Lipinski definition) is 3. The van der Waals surface area contributed by atoms with Crippen molar-refractivity contribution in [2.75, 3.05) is 26.2 Å². The van der Waals surface area contributed by atoms with E-state index in [1.165, 1.54) is 25.7 Å². The van der Waals surface area contributed by atoms with E-state index in [9.17, 15) is 5.11 Å². The molecule has 0 atom stereocenters. The molecule has 0 spiro atoms. The van der Waals surface area contributed by atoms with Gasteiger partial charge in [-0.1, -0.05) is 27.7 Å². The molecule has 1 fully saturated rings. The SMILES string of the molecule is CC(C)CCC(CCC(C)C)NCCN1CCC(O)CC1. The van der Waals surface area contributed by atoms with E-state index >= 15 is 0 Å². The van der Waals surface area contributed by atoms with Gasteiger partial charge in [0.1, 0.15) is 0 Å². The van der Waals surface area contributed by atoms with Crippen molar-refractivity contribution in [2.45, 2.75) is 78.4 Å². The number of piperidine rings is 1. The van der Waals surface area contributed by atoms with Crippen molar-refractivity contribution in [3.05, 3.63) is 0 Å². The van der Waals surface area contributed by atoms with Crippen LogP contribution in [0.15, 0.2) is 0 Å². The Kier molecular flexibility index (Phi) is 9.54. The summed E-state index contributed by atoms with van der Waals surface area (Å²) in [6.45, 7) is 13.6. The van der Waals surface area contributed by atoms with Crippen molar-refractivity contribution >= 4 is 0 Å². The largest absolute Gasteiger partial charge is 0.393 e. The van der Waals surface area contributed by atoms with Crippen LogP contribution in [0.1, 0.15) is 66.2 Å². The third-order valence-electron chi connectivity index (χ3n) is 4.60. The number of hydrogen-bond donors (Lipinski definition) is 2. The lowest BCUT2D eigenvalue weighted by Gasteiger charge is -2.30. The third-order valence-corrected chi connectivity index (χ3v) is 4.60. The molecule has 0 aromatic rings. The van der Waals surface area contributed by atoms with Crippen LogP contribution >= 0.6 is 0 Å². The van der Waals surface area contributed by atoms with Crippen LogP contribution in [0.25, 0.3) is 0 Å². The van der Waals surface area contributed by atoms with Crippen molar-refractivity contribution in [2.24, 2.45) is 11.8 Å². The van der Waals surface area contributed by atoms with E-state index in [0.717, 1.165) is 50.9 Å². The molecule has 3 nitrogen and oxygen atoms in total. The topological polar surface area (TPSA) is 35.5 Å². The molecule has 0 unspecified atom stereocenters. The first-order valence-corrected chi connectivity index (χ1v) is 9.11. The first-order chi connectivity index (χ1) is 9.97. The summed E-state index contributed by atoms with van der Waals surface area (Å²) in [6, 6.07) is 0.685. The number of aliphatic hydroxyl groups excluding tert-OH is 1. The molecule has 0 aromatic carbocycles. The highest BCUT2D eigenvalue weighted by Crippen LogP contribution is 2.14. The lowest BCUT2D eigenvalue weighted by atomic mass is 9.97. The van der Waals surface area contributed by atoms with Gasteiger partial charge in [0.2, 0.25) is 0 Å². The molecule has 3 heteroatoms. The summed E-state index contributed by atoms with van der Waals surface area (Å²) < 4.78 is 0. The molecule has 0 radical (unpaired) electrons. The number of nitrogens with one attached hydrogen (secondary N) is 1. The number of rotatable bonds is 10. The highest BCUT2D eigenvalue weighted by atomic mass is 16.3. The molecule has 1 rings (SSSR count). The molecule has 126 valence electrons. The zero-order chi connectivity index (χ0) is 15.7. The normalized spacial score (nSPS) is 18.3. The van der Waals surface area contributed by atoms with Gasteiger partial charge < -0.3 is 15.3 Å². The standard InChI is InChI=1S/C18H38N2O/c1-15(2)5-7-17(8-6-16(3)4)19-11-14-20-12-9-18(21)10-13-20/h15-19,21H,5-14H2,1-4H3. The van der Waals surface area contributed by atoms with Gasteiger partial charge in [0.05, 0.1) is 6.10 Å². The summed E-state index contributed by atoms with van der Waals surface area (Å²) in [5.41, 5.74) is 0. The van der Waals surface area contributed by atoms with E-state index in [4.69, 9.17) is 0 Å². The zero-order valence-corrected chi connectivity index (χ0v) is 14.8. The molecular weight excluding hydrogens is 260 g/mol. The van der Waals surface area contributed by atoms with E-state index in [1.54, 1.807) is 0 Å². The van der Waals surface area contributed by atoms with Crippen LogP contribution in [0.2, 0.25) is 0 Å². The molecule has 1 heterocycles. The molecule has 0 aliphatic carbocycles. The molecule has 0 saturated carbocycles. The van der Waals surface area contributed by atoms with E-state index in [-0.39, 0.29) is 6.10 Å². The van der Waals surface area contributed by atoms with Gasteiger partial charge in [0.25, 0.3) is 0 Å². The van der Waals surface area contributed by atoms with Crippen LogP contribution in [-0.4, -0.2) is 48.3 Å². The summed E-state index contributed by atoms with van der Waals surface area (Å²) in [4.78, 5) is 2.49. The van der Waals surface area contributed by atoms with E-state index < -0.39 is 0 Å². The summed E-state index contributed by atoms with van der Waals surface area (Å²) >= 11 is 0. The summed E-state index contributed by atoms with van der Waals surface area (Å²) in [7, 11) is 0. The fourth-order valence-corrected chi connectivity index (χ4v) is 2.99. The molecule has 0 amide bonds. The smallest absolute Gasteiger partial charge is 0.0564 e. The lowest BCUT2D eigenvalue weighted by Crippen LogP contribution is -2.42. The first-order valence-electron chi connectivity index (χ1n) is 9.11. The Morgan fingerprint density at radius 1 is 0.952 bits per heavy atom. The van der Waals surface area contributed by atoms with Gasteiger partial charge in [-0.3, -0.25) is 0 Å². The first kappa shape index (κ1) is 18.9. The monoisotopic (exact) mass is 298 g/mol. The van der Waals surface area contributed by atoms with Crippen LogP contribution in [-0.2, 0) is 0 Å². The summed E-state index contributed by atoms with van der Waals surface area (Å²) in [6.07, 6.45) is 7.11. The van der Waals surface area contributed by atoms with E-state index in [0.29, 0.717) is 6.04 Å². The fourth-order valence-electron chi connectivity index (χ4n) is 2.99. The Balaban J connectivity index is 2.20. The van der Waals surface area contributed by atoms with Gasteiger partial charge in [-0.2, -0.15) is 0 Å². The van der Waals surface area contributed by atoms with Crippen LogP contribution in [0.4, 0.5) is 0 Å². The van der Waals surface area contributed by atoms with Gasteiger partial charge in [0, 0.05) is 32.2 Å². The molecule has 1 aliphatic rings. The Morgan fingerprint density at radius 2 is 1.48 bits per heavy atom. The van der Waals surface area contributed by atoms with E-state index in [2.05, 4.69) is 37.9 Å². The van der Waals surface area contributed by atoms with Gasteiger partial charge in [0.15, 0.2) is 0 Å². The average Bonchev–Trinajstić information content (AvgIpc) is 2.43. The number of nitrogens with zero attached hydrogens (tertiary/aromatic N) is 1. The quantitative estimate of drug-likeness (QED) is 0.650. The van der Waals surface area contributed by atoms with Crippen LogP contribution in [0, 0.1) is 11.8 Å². The van der Waals surface area contributed by atoms with Crippen LogP contribution in [0.3, 0.4) is 0 Å². The number of likely N-dealkylation sites (tertiary alicyclic amines) is 1. The summed E-state index contributed by atoms with van der Waals surface area (Å²) in [5.74, 6) is 1.61. The average molecular weight is 299 g/mol.